The molecule has 0 aliphatic heterocycles. The van der Waals surface area contributed by atoms with E-state index in [1.807, 2.05) is 0 Å². The van der Waals surface area contributed by atoms with Gasteiger partial charge in [-0.25, -0.2) is 4.57 Å². The lowest BCUT2D eigenvalue weighted by Crippen LogP contribution is -2.27. The van der Waals surface area contributed by atoms with E-state index >= 15 is 0 Å². The molecule has 0 aliphatic rings. The monoisotopic (exact) mass is 862 g/mol. The third-order valence-electron chi connectivity index (χ3n) is 9.86. The summed E-state index contributed by atoms with van der Waals surface area (Å²) in [7, 11) is -4.43. The minimum absolute atomic E-state index is 0.0715. The molecule has 0 rings (SSSR count). The molecular formula is C50H88NO8P. The van der Waals surface area contributed by atoms with Crippen LogP contribution >= 0.6 is 7.82 Å². The lowest BCUT2D eigenvalue weighted by molar-refractivity contribution is -0.147. The van der Waals surface area contributed by atoms with Gasteiger partial charge in [0.15, 0.2) is 0 Å². The molecule has 0 bridgehead atoms. The first-order valence-electron chi connectivity index (χ1n) is 23.9. The number of phosphoric ester groups is 1. The van der Waals surface area contributed by atoms with Crippen molar-refractivity contribution in [1.82, 2.24) is 5.32 Å². The van der Waals surface area contributed by atoms with Gasteiger partial charge in [0, 0.05) is 19.4 Å². The highest BCUT2D eigenvalue weighted by Gasteiger charge is 2.23. The quantitative estimate of drug-likeness (QED) is 0.0239. The van der Waals surface area contributed by atoms with Gasteiger partial charge in [0.05, 0.1) is 13.2 Å². The number of allylic oxidation sites excluding steroid dienone is 12. The van der Waals surface area contributed by atoms with Crippen molar-refractivity contribution in [2.45, 2.75) is 206 Å². The van der Waals surface area contributed by atoms with Crippen LogP contribution in [0.2, 0.25) is 0 Å². The van der Waals surface area contributed by atoms with Crippen LogP contribution in [0.5, 0.6) is 0 Å². The van der Waals surface area contributed by atoms with Gasteiger partial charge in [0.25, 0.3) is 0 Å². The maximum atomic E-state index is 12.1. The average Bonchev–Trinajstić information content (AvgIpc) is 3.23. The van der Waals surface area contributed by atoms with Crippen molar-refractivity contribution in [2.75, 3.05) is 26.4 Å². The van der Waals surface area contributed by atoms with Crippen LogP contribution in [0, 0.1) is 0 Å². The van der Waals surface area contributed by atoms with Crippen LogP contribution in [0.1, 0.15) is 200 Å². The molecule has 2 unspecified atom stereocenters. The van der Waals surface area contributed by atoms with E-state index in [-0.39, 0.29) is 32.1 Å². The molecule has 0 heterocycles. The molecule has 2 atom stereocenters. The lowest BCUT2D eigenvalue weighted by Gasteiger charge is -2.15. The van der Waals surface area contributed by atoms with E-state index in [1.54, 1.807) is 0 Å². The van der Waals surface area contributed by atoms with Crippen molar-refractivity contribution < 1.29 is 37.9 Å². The summed E-state index contributed by atoms with van der Waals surface area (Å²) < 4.78 is 26.9. The van der Waals surface area contributed by atoms with Crippen LogP contribution in [0.15, 0.2) is 72.9 Å². The molecule has 60 heavy (non-hydrogen) atoms. The largest absolute Gasteiger partial charge is 0.472 e. The number of carbonyl (C=O) groups excluding carboxylic acids is 2. The zero-order chi connectivity index (χ0) is 43.9. The topological polar surface area (TPSA) is 131 Å². The lowest BCUT2D eigenvalue weighted by atomic mass is 10.1. The Labute approximate surface area is 367 Å². The van der Waals surface area contributed by atoms with Gasteiger partial charge in [-0.3, -0.25) is 18.6 Å². The standard InChI is InChI=1S/C50H88NO8P/c1-3-5-7-9-11-13-15-17-19-21-23-24-25-27-29-31-33-35-37-39-41-43-50(54)57-46-48(52)47-59-60(55,56)58-45-44-51-49(53)42-40-38-36-34-32-30-28-26-22-20-18-16-14-12-10-8-6-4-2/h11,13-14,16-17,19-20,22-24,27,29,48,52H,3-10,12,15,18,21,25-26,28,30-47H2,1-2H3,(H,51,53)(H,55,56)/b13-11-,16-14-,19-17-,22-20-,24-23-,29-27-. The van der Waals surface area contributed by atoms with Crippen molar-refractivity contribution in [3.05, 3.63) is 72.9 Å². The molecular weight excluding hydrogens is 774 g/mol. The normalized spacial score (nSPS) is 13.9. The van der Waals surface area contributed by atoms with E-state index in [4.69, 9.17) is 13.8 Å². The van der Waals surface area contributed by atoms with Gasteiger partial charge >= 0.3 is 13.8 Å². The van der Waals surface area contributed by atoms with E-state index in [9.17, 15) is 24.2 Å². The second-order valence-corrected chi connectivity index (χ2v) is 17.2. The van der Waals surface area contributed by atoms with Crippen molar-refractivity contribution in [3.63, 3.8) is 0 Å². The van der Waals surface area contributed by atoms with Crippen molar-refractivity contribution in [2.24, 2.45) is 0 Å². The number of aliphatic hydroxyl groups excluding tert-OH is 1. The number of carbonyl (C=O) groups is 2. The summed E-state index contributed by atoms with van der Waals surface area (Å²) in [5.41, 5.74) is 0. The summed E-state index contributed by atoms with van der Waals surface area (Å²) in [5, 5.41) is 12.7. The fraction of sp³-hybridized carbons (Fsp3) is 0.720. The Kier molecular flexibility index (Phi) is 44.0. The van der Waals surface area contributed by atoms with E-state index < -0.39 is 26.5 Å². The molecule has 346 valence electrons. The summed E-state index contributed by atoms with van der Waals surface area (Å²) in [6.45, 7) is 3.48. The number of esters is 1. The van der Waals surface area contributed by atoms with Gasteiger partial charge in [0.1, 0.15) is 12.7 Å². The first kappa shape index (κ1) is 57.4. The summed E-state index contributed by atoms with van der Waals surface area (Å²) in [4.78, 5) is 34.0. The zero-order valence-electron chi connectivity index (χ0n) is 38.1. The number of hydrogen-bond acceptors (Lipinski definition) is 7. The van der Waals surface area contributed by atoms with E-state index in [0.29, 0.717) is 12.8 Å². The van der Waals surface area contributed by atoms with Crippen LogP contribution in [0.25, 0.3) is 0 Å². The molecule has 0 spiro atoms. The molecule has 0 aromatic heterocycles. The fourth-order valence-corrected chi connectivity index (χ4v) is 6.97. The Balaban J connectivity index is 3.65. The Hall–Kier alpha value is -2.55. The number of unbranched alkanes of at least 4 members (excludes halogenated alkanes) is 19. The number of ether oxygens (including phenoxy) is 1. The van der Waals surface area contributed by atoms with Gasteiger partial charge in [-0.15, -0.1) is 0 Å². The van der Waals surface area contributed by atoms with Crippen LogP contribution in [-0.2, 0) is 27.9 Å². The van der Waals surface area contributed by atoms with E-state index in [1.165, 1.54) is 83.5 Å². The average molecular weight is 862 g/mol. The maximum Gasteiger partial charge on any atom is 0.472 e. The van der Waals surface area contributed by atoms with Crippen molar-refractivity contribution in [1.29, 1.82) is 0 Å². The highest BCUT2D eigenvalue weighted by atomic mass is 31.2. The Morgan fingerprint density at radius 3 is 1.38 bits per heavy atom. The molecule has 0 aromatic rings. The molecule has 0 saturated heterocycles. The number of aliphatic hydroxyl groups is 1. The molecule has 1 amide bonds. The maximum absolute atomic E-state index is 12.1. The van der Waals surface area contributed by atoms with Gasteiger partial charge in [-0.1, -0.05) is 170 Å². The molecule has 0 aromatic carbocycles. The van der Waals surface area contributed by atoms with Crippen LogP contribution in [-0.4, -0.2) is 54.3 Å². The summed E-state index contributed by atoms with van der Waals surface area (Å²) in [6, 6.07) is 0. The molecule has 10 heteroatoms. The first-order chi connectivity index (χ1) is 29.3. The predicted octanol–water partition coefficient (Wildman–Crippen LogP) is 13.8. The molecule has 0 aliphatic carbocycles. The number of nitrogens with one attached hydrogen (secondary N) is 1. The SMILES string of the molecule is CCCCC/C=C\C/C=C\C/C=C\C/C=C\CCCCCCCC(=O)OCC(O)COP(=O)(O)OCCNC(=O)CCCCCCCCC/C=C\C/C=C\CCCCCC. The number of hydrogen-bond donors (Lipinski definition) is 3. The van der Waals surface area contributed by atoms with Gasteiger partial charge in [-0.2, -0.15) is 0 Å². The number of rotatable bonds is 44. The van der Waals surface area contributed by atoms with Crippen molar-refractivity contribution >= 4 is 19.7 Å². The fourth-order valence-electron chi connectivity index (χ4n) is 6.22. The predicted molar refractivity (Wildman–Crippen MR) is 252 cm³/mol. The minimum Gasteiger partial charge on any atom is -0.463 e. The second-order valence-electron chi connectivity index (χ2n) is 15.7. The molecule has 0 fully saturated rings. The van der Waals surface area contributed by atoms with E-state index in [2.05, 4.69) is 92.1 Å². The first-order valence-corrected chi connectivity index (χ1v) is 25.4. The van der Waals surface area contributed by atoms with Gasteiger partial charge in [-0.05, 0) is 89.9 Å². The zero-order valence-corrected chi connectivity index (χ0v) is 39.0. The number of amides is 1. The second kappa shape index (κ2) is 46.0. The Morgan fingerprint density at radius 1 is 0.517 bits per heavy atom. The number of phosphoric acid groups is 1. The Bertz CT molecular complexity index is 1210. The molecule has 0 saturated carbocycles. The van der Waals surface area contributed by atoms with Crippen LogP contribution < -0.4 is 5.32 Å². The Morgan fingerprint density at radius 2 is 0.900 bits per heavy atom. The highest BCUT2D eigenvalue weighted by Crippen LogP contribution is 2.42. The van der Waals surface area contributed by atoms with Gasteiger partial charge < -0.3 is 20.1 Å². The van der Waals surface area contributed by atoms with Crippen molar-refractivity contribution in [3.8, 4) is 0 Å². The van der Waals surface area contributed by atoms with Gasteiger partial charge in [0.2, 0.25) is 5.91 Å². The minimum atomic E-state index is -4.43. The smallest absolute Gasteiger partial charge is 0.463 e. The highest BCUT2D eigenvalue weighted by molar-refractivity contribution is 7.47. The van der Waals surface area contributed by atoms with E-state index in [0.717, 1.165) is 83.5 Å². The third-order valence-corrected chi connectivity index (χ3v) is 10.8. The molecule has 0 radical (unpaired) electrons. The summed E-state index contributed by atoms with van der Waals surface area (Å²) in [5.74, 6) is -0.545. The van der Waals surface area contributed by atoms with Crippen LogP contribution in [0.3, 0.4) is 0 Å². The van der Waals surface area contributed by atoms with Crippen LogP contribution in [0.4, 0.5) is 0 Å². The summed E-state index contributed by atoms with van der Waals surface area (Å²) in [6.07, 6.45) is 56.8. The molecule has 9 nitrogen and oxygen atoms in total. The summed E-state index contributed by atoms with van der Waals surface area (Å²) >= 11 is 0. The third kappa shape index (κ3) is 46.5. The molecule has 3 N–H and O–H groups in total.